The van der Waals surface area contributed by atoms with Gasteiger partial charge in [-0.25, -0.2) is 0 Å². The molecule has 10 N–H and O–H groups in total. The lowest BCUT2D eigenvalue weighted by Crippen LogP contribution is -2.64. The second kappa shape index (κ2) is 74.6. The summed E-state index contributed by atoms with van der Waals surface area (Å²) in [5.41, 5.74) is -2.05. The lowest BCUT2D eigenvalue weighted by molar-refractivity contribution is -0.322. The number of carbonyl (C=O) groups is 16. The molecule has 10 atom stereocenters. The van der Waals surface area contributed by atoms with Gasteiger partial charge in [-0.15, -0.1) is 0 Å². The fraction of sp³-hybridized carbons (Fsp3) is 0.710. The van der Waals surface area contributed by atoms with Gasteiger partial charge in [0.2, 0.25) is 23.6 Å². The van der Waals surface area contributed by atoms with Crippen molar-refractivity contribution in [3.63, 3.8) is 0 Å². The van der Waals surface area contributed by atoms with Crippen LogP contribution in [0.25, 0.3) is 22.3 Å². The van der Waals surface area contributed by atoms with E-state index in [0.29, 0.717) is 276 Å². The molecule has 0 bridgehead atoms. The molecule has 0 saturated carbocycles. The normalized spacial score (nSPS) is 17.5. The van der Waals surface area contributed by atoms with Crippen molar-refractivity contribution < 1.29 is 189 Å². The third kappa shape index (κ3) is 55.6. The van der Waals surface area contributed by atoms with Crippen molar-refractivity contribution in [1.82, 2.24) is 0 Å². The second-order valence-electron chi connectivity index (χ2n) is 38.1. The predicted octanol–water partition coefficient (Wildman–Crippen LogP) is 19.0. The van der Waals surface area contributed by atoms with Gasteiger partial charge >= 0.3 is 95.5 Å². The van der Waals surface area contributed by atoms with Crippen molar-refractivity contribution in [1.29, 1.82) is 0 Å². The predicted molar refractivity (Wildman–Crippen MR) is 528 cm³/mol. The van der Waals surface area contributed by atoms with Gasteiger partial charge in [-0.1, -0.05) is 205 Å². The molecule has 147 heavy (non-hydrogen) atoms. The topological polar surface area (TPSA) is 616 Å². The number of aliphatic hydroxyl groups is 2. The largest absolute Gasteiger partial charge is 0.481 e. The van der Waals surface area contributed by atoms with Gasteiger partial charge < -0.3 is 112 Å². The summed E-state index contributed by atoms with van der Waals surface area (Å²) < 4.78 is 82.8. The molecule has 1 aromatic heterocycles. The van der Waals surface area contributed by atoms with E-state index in [2.05, 4.69) is 0 Å². The zero-order chi connectivity index (χ0) is 107. The van der Waals surface area contributed by atoms with E-state index in [4.69, 9.17) is 66.4 Å². The van der Waals surface area contributed by atoms with Gasteiger partial charge in [0.25, 0.3) is 0 Å². The molecule has 0 amide bonds. The average molecular weight is 2080 g/mol. The maximum atomic E-state index is 16.8. The van der Waals surface area contributed by atoms with Gasteiger partial charge in [-0.3, -0.25) is 81.5 Å². The van der Waals surface area contributed by atoms with Crippen LogP contribution in [0.1, 0.15) is 418 Å². The van der Waals surface area contributed by atoms with Crippen LogP contribution in [0.5, 0.6) is 28.7 Å². The number of unbranched alkanes of at least 4 members (excludes halogenated alkanes) is 40. The summed E-state index contributed by atoms with van der Waals surface area (Å²) in [6, 6.07) is 5.79. The standard InChI is InChI=1S/C107H158O40/c1-72-100(143-92(128)62-46-30-14-6-22-38-54-84(116)117)98(133)99(134)106(136-72)135-71-79-102(144-93(129)63-47-31-15-7-23-39-55-85(118)119)104(145-94(130)64-48-32-16-8-24-40-56-86(120)121)105(146-95(131)65-49-33-17-9-25-41-57-87(122)123)107(142-79)147-103-97(132)96-77(140-91(127)61-45-29-13-5-21-37-53-83(114)115)69-74(137-88(124)58-42-26-10-2-18-34-50-80(108)109)70-78(96)141-101(103)73-66-67-75(138-89(125)59-43-27-11-3-19-35-51-81(110)111)76(68-73)139-90(126)60-44-28-12-4-20-36-52-82(112)113/h66-70,72,79,98-100,102,104-107,133-134H,2-65,71H2,1H3,(H,108,109)(H,110,111)(H,112,113)(H,114,115)(H,116,117)(H,118,119)(H,120,121)(H,122,123)/t72-,79+,98-,99+,100-,102+,104-,105+,106+,107-/m0/s1. The third-order valence-corrected chi connectivity index (χ3v) is 25.3. The highest BCUT2D eigenvalue weighted by Gasteiger charge is 2.55. The van der Waals surface area contributed by atoms with E-state index >= 15 is 14.4 Å². The molecule has 2 fully saturated rings. The van der Waals surface area contributed by atoms with Crippen LogP contribution in [-0.4, -0.2) is 215 Å². The molecule has 0 unspecified atom stereocenters. The molecule has 40 heteroatoms. The van der Waals surface area contributed by atoms with Gasteiger partial charge in [0.1, 0.15) is 40.8 Å². The summed E-state index contributed by atoms with van der Waals surface area (Å²) in [6.07, 6.45) is 1.91. The van der Waals surface area contributed by atoms with Crippen molar-refractivity contribution >= 4 is 106 Å². The van der Waals surface area contributed by atoms with Crippen LogP contribution < -0.4 is 29.1 Å². The smallest absolute Gasteiger partial charge is 0.311 e. The minimum atomic E-state index is -2.38. The molecule has 826 valence electrons. The molecule has 2 aliphatic rings. The van der Waals surface area contributed by atoms with Crippen LogP contribution in [-0.2, 0) is 110 Å². The second-order valence-corrected chi connectivity index (χ2v) is 38.1. The molecule has 2 saturated heterocycles. The number of benzene rings is 2. The number of carbonyl (C=O) groups excluding carboxylic acids is 8. The summed E-state index contributed by atoms with van der Waals surface area (Å²) in [6.45, 7) is 0.465. The van der Waals surface area contributed by atoms with Crippen molar-refractivity contribution in [3.8, 4) is 40.1 Å². The van der Waals surface area contributed by atoms with Crippen LogP contribution in [0, 0.1) is 0 Å². The molecule has 3 heterocycles. The Labute approximate surface area is 858 Å². The summed E-state index contributed by atoms with van der Waals surface area (Å²) >= 11 is 0. The first kappa shape index (κ1) is 126. The van der Waals surface area contributed by atoms with Crippen LogP contribution in [0.15, 0.2) is 39.5 Å². The van der Waals surface area contributed by atoms with Gasteiger partial charge in [-0.2, -0.15) is 0 Å². The van der Waals surface area contributed by atoms with E-state index in [1.807, 2.05) is 0 Å². The first-order valence-corrected chi connectivity index (χ1v) is 53.2. The molecule has 2 aromatic carbocycles. The SMILES string of the molecule is C[C@@H]1O[C@@H](OC[C@H]2O[C@@H](Oc3c(-c4ccc(OC(=O)CCCCCCCCC(=O)O)c(OC(=O)CCCCCCCCC(=O)O)c4)oc4cc(OC(=O)CCCCCCCCC(=O)O)cc(OC(=O)CCCCCCCCC(=O)O)c4c3=O)[C@H](OC(=O)CCCCCCCCC(=O)O)[C@@H](OC(=O)CCCCCCCCC(=O)O)[C@@H]2OC(=O)CCCCCCCCC(=O)O)[C@H](O)[C@H](O)[C@H]1OC(=O)CCCCCCCCC(=O)O. The zero-order valence-corrected chi connectivity index (χ0v) is 85.3. The Hall–Kier alpha value is -11.2. The zero-order valence-electron chi connectivity index (χ0n) is 85.3. The van der Waals surface area contributed by atoms with Gasteiger partial charge in [0.05, 0.1) is 12.7 Å². The molecular weight excluding hydrogens is 1930 g/mol. The van der Waals surface area contributed by atoms with Gasteiger partial charge in [-0.05, 0) is 128 Å². The third-order valence-electron chi connectivity index (χ3n) is 25.3. The number of hydrogen-bond donors (Lipinski definition) is 10. The Morgan fingerprint density at radius 1 is 0.279 bits per heavy atom. The number of carboxylic acids is 8. The number of hydrogen-bond acceptors (Lipinski definition) is 32. The maximum Gasteiger partial charge on any atom is 0.311 e. The minimum absolute atomic E-state index is 0.00717. The van der Waals surface area contributed by atoms with Crippen molar-refractivity contribution in [2.45, 2.75) is 479 Å². The number of carboxylic acid groups (broad SMARTS) is 8. The summed E-state index contributed by atoms with van der Waals surface area (Å²) in [5.74, 6) is -18.1. The highest BCUT2D eigenvalue weighted by atomic mass is 16.8. The summed E-state index contributed by atoms with van der Waals surface area (Å²) in [4.78, 5) is 223. The summed E-state index contributed by atoms with van der Waals surface area (Å²) in [5, 5.41) is 97.2. The van der Waals surface area contributed by atoms with E-state index in [1.54, 1.807) is 0 Å². The lowest BCUT2D eigenvalue weighted by Gasteiger charge is -2.45. The number of aliphatic hydroxyl groups excluding tert-OH is 2. The number of ether oxygens (including phenoxy) is 12. The Balaban J connectivity index is 1.87. The molecule has 0 radical (unpaired) electrons. The van der Waals surface area contributed by atoms with E-state index in [9.17, 15) is 113 Å². The molecular formula is C107H158O40. The van der Waals surface area contributed by atoms with Crippen molar-refractivity contribution in [3.05, 3.63) is 40.6 Å². The Morgan fingerprint density at radius 2 is 0.558 bits per heavy atom. The quantitative estimate of drug-likeness (QED) is 0.0109. The van der Waals surface area contributed by atoms with Crippen molar-refractivity contribution in [2.24, 2.45) is 0 Å². The average Bonchev–Trinajstić information content (AvgIpc) is 0.741. The lowest BCUT2D eigenvalue weighted by atomic mass is 9.97. The molecule has 3 aromatic rings. The number of rotatable bonds is 86. The van der Waals surface area contributed by atoms with E-state index < -0.39 is 209 Å². The number of fused-ring (bicyclic) bond motifs is 1. The van der Waals surface area contributed by atoms with Crippen molar-refractivity contribution in [2.75, 3.05) is 6.61 Å². The molecule has 5 rings (SSSR count). The fourth-order valence-electron chi connectivity index (χ4n) is 17.2. The Kier molecular flexibility index (Phi) is 64.1. The number of aliphatic carboxylic acids is 8. The van der Waals surface area contributed by atoms with Gasteiger partial charge in [0, 0.05) is 120 Å². The monoisotopic (exact) mass is 2080 g/mol. The summed E-state index contributed by atoms with van der Waals surface area (Å²) in [7, 11) is 0. The minimum Gasteiger partial charge on any atom is -0.481 e. The van der Waals surface area contributed by atoms with Crippen LogP contribution in [0.2, 0.25) is 0 Å². The maximum absolute atomic E-state index is 16.8. The Morgan fingerprint density at radius 3 is 0.891 bits per heavy atom. The highest BCUT2D eigenvalue weighted by molar-refractivity contribution is 5.92. The molecule has 0 spiro atoms. The van der Waals surface area contributed by atoms with E-state index in [-0.39, 0.29) is 145 Å². The van der Waals surface area contributed by atoms with Crippen LogP contribution in [0.3, 0.4) is 0 Å². The Bertz CT molecular complexity index is 4590. The first-order chi connectivity index (χ1) is 70.6. The molecule has 2 aliphatic heterocycles. The molecule has 0 aliphatic carbocycles. The van der Waals surface area contributed by atoms with E-state index in [0.717, 1.165) is 18.2 Å². The van der Waals surface area contributed by atoms with E-state index in [1.165, 1.54) is 19.1 Å². The number of esters is 8. The van der Waals surface area contributed by atoms with Crippen LogP contribution in [0.4, 0.5) is 0 Å². The van der Waals surface area contributed by atoms with Crippen LogP contribution >= 0.6 is 0 Å². The first-order valence-electron chi connectivity index (χ1n) is 53.2. The fourth-order valence-corrected chi connectivity index (χ4v) is 17.2. The highest BCUT2D eigenvalue weighted by Crippen LogP contribution is 2.43. The van der Waals surface area contributed by atoms with Gasteiger partial charge in [0.15, 0.2) is 41.9 Å². The molecule has 40 nitrogen and oxygen atoms in total.